The van der Waals surface area contributed by atoms with Crippen molar-refractivity contribution in [2.24, 2.45) is 5.73 Å². The number of nitrogens with one attached hydrogen (secondary N) is 1. The Kier molecular flexibility index (Phi) is 7.33. The zero-order chi connectivity index (χ0) is 28.4. The third-order valence-corrected chi connectivity index (χ3v) is 6.84. The highest BCUT2D eigenvalue weighted by Gasteiger charge is 2.45. The minimum absolute atomic E-state index is 0.0937. The van der Waals surface area contributed by atoms with Gasteiger partial charge in [-0.15, -0.1) is 10.2 Å². The summed E-state index contributed by atoms with van der Waals surface area (Å²) in [6.07, 6.45) is 4.06. The lowest BCUT2D eigenvalue weighted by Crippen LogP contribution is -2.42. The minimum atomic E-state index is -1.000. The van der Waals surface area contributed by atoms with E-state index < -0.39 is 11.5 Å². The van der Waals surface area contributed by atoms with Gasteiger partial charge < -0.3 is 25.1 Å². The van der Waals surface area contributed by atoms with Crippen molar-refractivity contribution in [1.29, 1.82) is 0 Å². The maximum absolute atomic E-state index is 12.1. The molecule has 1 aliphatic carbocycles. The van der Waals surface area contributed by atoms with Gasteiger partial charge in [0.05, 0.1) is 21.6 Å². The second kappa shape index (κ2) is 10.9. The molecular formula is C28H26ClN7O4. The Morgan fingerprint density at radius 2 is 1.75 bits per heavy atom. The predicted octanol–water partition coefficient (Wildman–Crippen LogP) is 4.23. The van der Waals surface area contributed by atoms with Crippen LogP contribution in [0.25, 0.3) is 28.2 Å². The Labute approximate surface area is 234 Å². The van der Waals surface area contributed by atoms with E-state index in [1.54, 1.807) is 13.8 Å². The van der Waals surface area contributed by atoms with Crippen LogP contribution in [0.2, 0.25) is 5.02 Å². The van der Waals surface area contributed by atoms with E-state index in [4.69, 9.17) is 26.9 Å². The average Bonchev–Trinajstić information content (AvgIpc) is 3.45. The van der Waals surface area contributed by atoms with Gasteiger partial charge in [0.25, 0.3) is 5.89 Å². The largest absolute Gasteiger partial charge is 0.478 e. The smallest absolute Gasteiger partial charge is 0.338 e. The molecule has 3 aromatic heterocycles. The molecule has 40 heavy (non-hydrogen) atoms. The summed E-state index contributed by atoms with van der Waals surface area (Å²) in [5.74, 6) is 0.314. The minimum Gasteiger partial charge on any atom is -0.478 e. The van der Waals surface area contributed by atoms with Crippen LogP contribution in [0.5, 0.6) is 0 Å². The molecule has 1 amide bonds. The SMILES string of the molecule is Cc1ncc(C(=O)O)cn1.Cc1nnc(-c2c(Cl)c3ccccc3n2-c2ccc(CNC(=O)C3(N)CC3)cc2)o1. The molecule has 1 fully saturated rings. The third kappa shape index (κ3) is 5.56. The standard InChI is InChI=1S/C22H20ClN5O2.C6H6N2O2/c1-13-26-27-20(30-13)19-18(23)16-4-2-3-5-17(16)28(19)15-8-6-14(7-9-15)12-25-21(29)22(24)10-11-22;1-4-7-2-5(3-8-4)6(9)10/h2-9H,10-12,24H2,1H3,(H,25,29);2-3H,1H3,(H,9,10). The molecule has 5 aromatic rings. The maximum Gasteiger partial charge on any atom is 0.338 e. The molecule has 0 spiro atoms. The number of hydrogen-bond donors (Lipinski definition) is 3. The fourth-order valence-corrected chi connectivity index (χ4v) is 4.36. The average molecular weight is 560 g/mol. The van der Waals surface area contributed by atoms with Crippen LogP contribution < -0.4 is 11.1 Å². The summed E-state index contributed by atoms with van der Waals surface area (Å²) < 4.78 is 7.69. The molecule has 6 rings (SSSR count). The van der Waals surface area contributed by atoms with Crippen molar-refractivity contribution in [1.82, 2.24) is 30.0 Å². The van der Waals surface area contributed by atoms with Gasteiger partial charge in [0.1, 0.15) is 11.5 Å². The molecule has 4 N–H and O–H groups in total. The zero-order valence-electron chi connectivity index (χ0n) is 21.8. The van der Waals surface area contributed by atoms with Gasteiger partial charge in [0.2, 0.25) is 11.8 Å². The van der Waals surface area contributed by atoms with E-state index in [0.29, 0.717) is 34.9 Å². The lowest BCUT2D eigenvalue weighted by atomic mass is 10.2. The highest BCUT2D eigenvalue weighted by Crippen LogP contribution is 2.39. The normalized spacial score (nSPS) is 13.4. The van der Waals surface area contributed by atoms with Crippen molar-refractivity contribution < 1.29 is 19.1 Å². The number of carbonyl (C=O) groups is 2. The van der Waals surface area contributed by atoms with Crippen molar-refractivity contribution in [3.05, 3.63) is 88.8 Å². The number of aryl methyl sites for hydroxylation is 2. The van der Waals surface area contributed by atoms with Crippen LogP contribution in [-0.2, 0) is 11.3 Å². The topological polar surface area (TPSA) is 162 Å². The number of hydrogen-bond acceptors (Lipinski definition) is 8. The quantitative estimate of drug-likeness (QED) is 0.276. The lowest BCUT2D eigenvalue weighted by molar-refractivity contribution is -0.123. The van der Waals surface area contributed by atoms with Gasteiger partial charge >= 0.3 is 5.97 Å². The number of rotatable bonds is 6. The first-order chi connectivity index (χ1) is 19.2. The number of carbonyl (C=O) groups excluding carboxylic acids is 1. The van der Waals surface area contributed by atoms with E-state index in [9.17, 15) is 9.59 Å². The first-order valence-electron chi connectivity index (χ1n) is 12.4. The van der Waals surface area contributed by atoms with Crippen molar-refractivity contribution in [3.63, 3.8) is 0 Å². The summed E-state index contributed by atoms with van der Waals surface area (Å²) in [6, 6.07) is 15.8. The summed E-state index contributed by atoms with van der Waals surface area (Å²) in [5.41, 5.74) is 8.85. The van der Waals surface area contributed by atoms with E-state index >= 15 is 0 Å². The van der Waals surface area contributed by atoms with Gasteiger partial charge in [-0.2, -0.15) is 0 Å². The highest BCUT2D eigenvalue weighted by molar-refractivity contribution is 6.38. The van der Waals surface area contributed by atoms with Crippen molar-refractivity contribution >= 4 is 34.4 Å². The number of halogens is 1. The fourth-order valence-electron chi connectivity index (χ4n) is 4.04. The Morgan fingerprint density at radius 3 is 2.35 bits per heavy atom. The second-order valence-electron chi connectivity index (χ2n) is 9.47. The van der Waals surface area contributed by atoms with Crippen molar-refractivity contribution in [2.45, 2.75) is 38.8 Å². The summed E-state index contributed by atoms with van der Waals surface area (Å²) in [4.78, 5) is 29.7. The summed E-state index contributed by atoms with van der Waals surface area (Å²) in [5, 5.41) is 20.9. The number of carboxylic acids is 1. The number of nitrogens with zero attached hydrogens (tertiary/aromatic N) is 5. The van der Waals surface area contributed by atoms with E-state index in [0.717, 1.165) is 35.0 Å². The Bertz CT molecular complexity index is 1690. The molecule has 1 aliphatic rings. The van der Waals surface area contributed by atoms with Gasteiger partial charge in [0, 0.05) is 36.9 Å². The summed E-state index contributed by atoms with van der Waals surface area (Å²) >= 11 is 6.71. The third-order valence-electron chi connectivity index (χ3n) is 6.46. The number of nitrogens with two attached hydrogens (primary N) is 1. The Balaban J connectivity index is 0.000000274. The molecule has 2 aromatic carbocycles. The van der Waals surface area contributed by atoms with Crippen LogP contribution in [0, 0.1) is 13.8 Å². The van der Waals surface area contributed by atoms with Crippen LogP contribution >= 0.6 is 11.6 Å². The first kappa shape index (κ1) is 27.0. The lowest BCUT2D eigenvalue weighted by Gasteiger charge is -2.12. The van der Waals surface area contributed by atoms with E-state index in [1.165, 1.54) is 12.4 Å². The molecule has 3 heterocycles. The molecule has 0 radical (unpaired) electrons. The number of para-hydroxylation sites is 1. The number of aromatic nitrogens is 5. The molecule has 0 unspecified atom stereocenters. The van der Waals surface area contributed by atoms with E-state index in [-0.39, 0.29) is 11.5 Å². The van der Waals surface area contributed by atoms with Crippen molar-refractivity contribution in [2.75, 3.05) is 0 Å². The van der Waals surface area contributed by atoms with Crippen LogP contribution in [0.15, 0.2) is 65.3 Å². The number of amides is 1. The highest BCUT2D eigenvalue weighted by atomic mass is 35.5. The van der Waals surface area contributed by atoms with Gasteiger partial charge in [-0.05, 0) is 43.5 Å². The molecule has 0 atom stereocenters. The van der Waals surface area contributed by atoms with Crippen LogP contribution in [-0.4, -0.2) is 47.3 Å². The number of carboxylic acid groups (broad SMARTS) is 1. The molecule has 11 nitrogen and oxygen atoms in total. The predicted molar refractivity (Wildman–Crippen MR) is 148 cm³/mol. The molecular weight excluding hydrogens is 534 g/mol. The molecule has 0 bridgehead atoms. The Morgan fingerprint density at radius 1 is 1.07 bits per heavy atom. The van der Waals surface area contributed by atoms with Crippen LogP contribution in [0.1, 0.15) is 40.5 Å². The van der Waals surface area contributed by atoms with Gasteiger partial charge in [-0.1, -0.05) is 41.9 Å². The molecule has 1 saturated carbocycles. The summed E-state index contributed by atoms with van der Waals surface area (Å²) in [7, 11) is 0. The number of fused-ring (bicyclic) bond motifs is 1. The second-order valence-corrected chi connectivity index (χ2v) is 9.85. The molecule has 204 valence electrons. The fraction of sp³-hybridized carbons (Fsp3) is 0.214. The molecule has 0 aliphatic heterocycles. The van der Waals surface area contributed by atoms with Crippen molar-refractivity contribution in [3.8, 4) is 17.3 Å². The van der Waals surface area contributed by atoms with Gasteiger partial charge in [-0.25, -0.2) is 14.8 Å². The monoisotopic (exact) mass is 559 g/mol. The molecule has 12 heteroatoms. The van der Waals surface area contributed by atoms with Gasteiger partial charge in [-0.3, -0.25) is 4.79 Å². The zero-order valence-corrected chi connectivity index (χ0v) is 22.5. The van der Waals surface area contributed by atoms with Crippen LogP contribution in [0.3, 0.4) is 0 Å². The van der Waals surface area contributed by atoms with Gasteiger partial charge in [0.15, 0.2) is 0 Å². The van der Waals surface area contributed by atoms with Crippen LogP contribution in [0.4, 0.5) is 0 Å². The number of benzene rings is 2. The maximum atomic E-state index is 12.1. The molecule has 0 saturated heterocycles. The first-order valence-corrected chi connectivity index (χ1v) is 12.8. The summed E-state index contributed by atoms with van der Waals surface area (Å²) in [6.45, 7) is 3.88. The van der Waals surface area contributed by atoms with E-state index in [1.807, 2.05) is 53.1 Å². The van der Waals surface area contributed by atoms with E-state index in [2.05, 4.69) is 25.5 Å². The number of aromatic carboxylic acids is 1. The Hall–Kier alpha value is -4.61.